The van der Waals surface area contributed by atoms with E-state index in [1.807, 2.05) is 12.1 Å². The van der Waals surface area contributed by atoms with Crippen molar-refractivity contribution in [2.24, 2.45) is 11.8 Å². The van der Waals surface area contributed by atoms with Crippen LogP contribution < -0.4 is 9.47 Å². The molecule has 2 aromatic rings. The molecule has 5 rings (SSSR count). The first-order valence-corrected chi connectivity index (χ1v) is 7.69. The SMILES string of the molecule is c1c2c(cc3[nH]c(C4C5CCCCC54)nc13)OCCO2. The zero-order valence-electron chi connectivity index (χ0n) is 11.4. The maximum Gasteiger partial charge on any atom is 0.163 e. The first kappa shape index (κ1) is 11.0. The van der Waals surface area contributed by atoms with Crippen LogP contribution in [0.5, 0.6) is 11.5 Å². The summed E-state index contributed by atoms with van der Waals surface area (Å²) in [6.07, 6.45) is 5.56. The van der Waals surface area contributed by atoms with Gasteiger partial charge in [0.25, 0.3) is 0 Å². The first-order valence-electron chi connectivity index (χ1n) is 7.69. The lowest BCUT2D eigenvalue weighted by Gasteiger charge is -2.17. The van der Waals surface area contributed by atoms with Crippen molar-refractivity contribution in [2.75, 3.05) is 13.2 Å². The van der Waals surface area contributed by atoms with Gasteiger partial charge in [-0.05, 0) is 24.7 Å². The minimum absolute atomic E-state index is 0.628. The molecule has 1 aliphatic heterocycles. The molecule has 0 spiro atoms. The molecule has 4 nitrogen and oxygen atoms in total. The van der Waals surface area contributed by atoms with Crippen molar-refractivity contribution >= 4 is 11.0 Å². The average molecular weight is 270 g/mol. The van der Waals surface area contributed by atoms with Crippen LogP contribution in [0.15, 0.2) is 12.1 Å². The fraction of sp³-hybridized carbons (Fsp3) is 0.562. The van der Waals surface area contributed by atoms with Crippen LogP contribution in [0.3, 0.4) is 0 Å². The summed E-state index contributed by atoms with van der Waals surface area (Å²) >= 11 is 0. The second-order valence-electron chi connectivity index (χ2n) is 6.27. The van der Waals surface area contributed by atoms with Crippen LogP contribution in [0.4, 0.5) is 0 Å². The standard InChI is InChI=1S/C16H18N2O2/c1-2-4-10-9(3-1)15(10)16-17-11-7-13-14(8-12(11)18-16)20-6-5-19-13/h7-10,15H,1-6H2,(H,17,18). The van der Waals surface area contributed by atoms with Crippen LogP contribution in [0.25, 0.3) is 11.0 Å². The number of aromatic amines is 1. The number of fused-ring (bicyclic) bond motifs is 3. The van der Waals surface area contributed by atoms with Gasteiger partial charge in [-0.25, -0.2) is 4.98 Å². The van der Waals surface area contributed by atoms with Crippen LogP contribution in [0, 0.1) is 11.8 Å². The second kappa shape index (κ2) is 3.90. The lowest BCUT2D eigenvalue weighted by molar-refractivity contribution is 0.172. The average Bonchev–Trinajstić information content (AvgIpc) is 3.08. The molecule has 0 bridgehead atoms. The molecule has 1 aromatic heterocycles. The molecule has 4 heteroatoms. The second-order valence-corrected chi connectivity index (χ2v) is 6.27. The highest BCUT2D eigenvalue weighted by molar-refractivity contribution is 5.80. The Bertz CT molecular complexity index is 623. The highest BCUT2D eigenvalue weighted by atomic mass is 16.6. The van der Waals surface area contributed by atoms with Gasteiger partial charge in [-0.3, -0.25) is 0 Å². The van der Waals surface area contributed by atoms with Crippen molar-refractivity contribution in [1.29, 1.82) is 0 Å². The first-order chi connectivity index (χ1) is 9.90. The van der Waals surface area contributed by atoms with Crippen LogP contribution >= 0.6 is 0 Å². The molecule has 0 amide bonds. The lowest BCUT2D eigenvalue weighted by Crippen LogP contribution is -2.15. The summed E-state index contributed by atoms with van der Waals surface area (Å²) in [5.41, 5.74) is 2.08. The van der Waals surface area contributed by atoms with Gasteiger partial charge >= 0.3 is 0 Å². The van der Waals surface area contributed by atoms with Gasteiger partial charge in [0.1, 0.15) is 19.0 Å². The van der Waals surface area contributed by atoms with Gasteiger partial charge < -0.3 is 14.5 Å². The molecule has 0 radical (unpaired) electrons. The number of hydrogen-bond acceptors (Lipinski definition) is 3. The van der Waals surface area contributed by atoms with Gasteiger partial charge in [-0.1, -0.05) is 12.8 Å². The van der Waals surface area contributed by atoms with Crippen LogP contribution in [0.2, 0.25) is 0 Å². The minimum atomic E-state index is 0.628. The number of rotatable bonds is 1. The molecule has 2 aliphatic carbocycles. The maximum absolute atomic E-state index is 5.64. The Hall–Kier alpha value is -1.71. The molecule has 2 fully saturated rings. The van der Waals surface area contributed by atoms with E-state index in [9.17, 15) is 0 Å². The number of H-pyrrole nitrogens is 1. The smallest absolute Gasteiger partial charge is 0.163 e. The van der Waals surface area contributed by atoms with E-state index in [1.165, 1.54) is 31.5 Å². The Morgan fingerprint density at radius 1 is 1.00 bits per heavy atom. The molecular weight excluding hydrogens is 252 g/mol. The van der Waals surface area contributed by atoms with Gasteiger partial charge in [0.15, 0.2) is 11.5 Å². The number of imidazole rings is 1. The van der Waals surface area contributed by atoms with Gasteiger partial charge in [0.2, 0.25) is 0 Å². The molecule has 2 unspecified atom stereocenters. The Labute approximate surface area is 117 Å². The molecule has 0 saturated heterocycles. The zero-order valence-corrected chi connectivity index (χ0v) is 11.4. The number of aromatic nitrogens is 2. The van der Waals surface area contributed by atoms with Crippen molar-refractivity contribution in [3.8, 4) is 11.5 Å². The van der Waals surface area contributed by atoms with Crippen molar-refractivity contribution in [1.82, 2.24) is 9.97 Å². The van der Waals surface area contributed by atoms with E-state index in [2.05, 4.69) is 4.98 Å². The van der Waals surface area contributed by atoms with E-state index in [0.717, 1.165) is 34.4 Å². The summed E-state index contributed by atoms with van der Waals surface area (Å²) < 4.78 is 11.3. The lowest BCUT2D eigenvalue weighted by atomic mass is 10.0. The summed E-state index contributed by atoms with van der Waals surface area (Å²) in [7, 11) is 0. The number of nitrogens with zero attached hydrogens (tertiary/aromatic N) is 1. The van der Waals surface area contributed by atoms with Crippen LogP contribution in [0.1, 0.15) is 37.4 Å². The summed E-state index contributed by atoms with van der Waals surface area (Å²) in [6, 6.07) is 4.04. The molecule has 3 aliphatic rings. The van der Waals surface area contributed by atoms with Crippen molar-refractivity contribution in [3.63, 3.8) is 0 Å². The summed E-state index contributed by atoms with van der Waals surface area (Å²) in [5.74, 6) is 5.28. The third-order valence-corrected chi connectivity index (χ3v) is 5.14. The summed E-state index contributed by atoms with van der Waals surface area (Å²) in [4.78, 5) is 8.33. The molecular formula is C16H18N2O2. The largest absolute Gasteiger partial charge is 0.486 e. The fourth-order valence-corrected chi connectivity index (χ4v) is 4.12. The fourth-order valence-electron chi connectivity index (χ4n) is 4.12. The molecule has 20 heavy (non-hydrogen) atoms. The van der Waals surface area contributed by atoms with E-state index < -0.39 is 0 Å². The predicted molar refractivity (Wildman–Crippen MR) is 75.3 cm³/mol. The van der Waals surface area contributed by atoms with Gasteiger partial charge in [0, 0.05) is 18.1 Å². The molecule has 1 N–H and O–H groups in total. The zero-order chi connectivity index (χ0) is 13.1. The number of nitrogens with one attached hydrogen (secondary N) is 1. The van der Waals surface area contributed by atoms with Gasteiger partial charge in [0.05, 0.1) is 11.0 Å². The quantitative estimate of drug-likeness (QED) is 0.865. The van der Waals surface area contributed by atoms with E-state index in [4.69, 9.17) is 14.5 Å². The Morgan fingerprint density at radius 2 is 1.70 bits per heavy atom. The predicted octanol–water partition coefficient (Wildman–Crippen LogP) is 3.24. The van der Waals surface area contributed by atoms with E-state index in [1.54, 1.807) is 0 Å². The normalized spacial score (nSPS) is 31.1. The monoisotopic (exact) mass is 270 g/mol. The maximum atomic E-state index is 5.64. The number of benzene rings is 1. The topological polar surface area (TPSA) is 47.1 Å². The Morgan fingerprint density at radius 3 is 2.45 bits per heavy atom. The highest BCUT2D eigenvalue weighted by Gasteiger charge is 2.52. The molecule has 2 saturated carbocycles. The molecule has 104 valence electrons. The third kappa shape index (κ3) is 1.51. The highest BCUT2D eigenvalue weighted by Crippen LogP contribution is 2.60. The minimum Gasteiger partial charge on any atom is -0.486 e. The third-order valence-electron chi connectivity index (χ3n) is 5.14. The van der Waals surface area contributed by atoms with E-state index in [-0.39, 0.29) is 0 Å². The molecule has 1 aromatic carbocycles. The van der Waals surface area contributed by atoms with Crippen molar-refractivity contribution < 1.29 is 9.47 Å². The summed E-state index contributed by atoms with van der Waals surface area (Å²) in [6.45, 7) is 1.26. The molecule has 2 atom stereocenters. The molecule has 2 heterocycles. The van der Waals surface area contributed by atoms with E-state index in [0.29, 0.717) is 19.1 Å². The van der Waals surface area contributed by atoms with E-state index >= 15 is 0 Å². The Kier molecular flexibility index (Phi) is 2.15. The number of hydrogen-bond donors (Lipinski definition) is 1. The van der Waals surface area contributed by atoms with Gasteiger partial charge in [-0.15, -0.1) is 0 Å². The van der Waals surface area contributed by atoms with Crippen LogP contribution in [-0.2, 0) is 0 Å². The Balaban J connectivity index is 1.55. The van der Waals surface area contributed by atoms with Crippen molar-refractivity contribution in [2.45, 2.75) is 31.6 Å². The van der Waals surface area contributed by atoms with Crippen LogP contribution in [-0.4, -0.2) is 23.2 Å². The number of ether oxygens (including phenoxy) is 2. The van der Waals surface area contributed by atoms with Gasteiger partial charge in [-0.2, -0.15) is 0 Å². The van der Waals surface area contributed by atoms with Crippen molar-refractivity contribution in [3.05, 3.63) is 18.0 Å². The summed E-state index contributed by atoms with van der Waals surface area (Å²) in [5, 5.41) is 0.